The molecule has 2 unspecified atom stereocenters. The lowest BCUT2D eigenvalue weighted by atomic mass is 9.98. The molecule has 0 amide bonds. The van der Waals surface area contributed by atoms with Gasteiger partial charge in [-0.05, 0) is 56.8 Å². The summed E-state index contributed by atoms with van der Waals surface area (Å²) >= 11 is 0. The maximum Gasteiger partial charge on any atom is 0.128 e. The van der Waals surface area contributed by atoms with Crippen LogP contribution in [0.15, 0.2) is 18.2 Å². The van der Waals surface area contributed by atoms with Gasteiger partial charge < -0.3 is 10.1 Å². The summed E-state index contributed by atoms with van der Waals surface area (Å²) in [7, 11) is 0. The van der Waals surface area contributed by atoms with Gasteiger partial charge in [-0.15, -0.1) is 0 Å². The summed E-state index contributed by atoms with van der Waals surface area (Å²) in [5, 5.41) is 3.32. The highest BCUT2D eigenvalue weighted by atomic mass is 19.1. The average molecular weight is 283 g/mol. The van der Waals surface area contributed by atoms with Crippen LogP contribution in [0, 0.1) is 11.6 Å². The monoisotopic (exact) mass is 283 g/mol. The Kier molecular flexibility index (Phi) is 5.92. The Bertz CT molecular complexity index is 419. The Morgan fingerprint density at radius 3 is 2.95 bits per heavy atom. The van der Waals surface area contributed by atoms with Crippen molar-refractivity contribution in [2.75, 3.05) is 13.2 Å². The molecule has 1 aromatic rings. The zero-order valence-corrected chi connectivity index (χ0v) is 12.0. The van der Waals surface area contributed by atoms with Gasteiger partial charge in [0.25, 0.3) is 0 Å². The zero-order valence-electron chi connectivity index (χ0n) is 12.0. The molecule has 1 heterocycles. The predicted octanol–water partition coefficient (Wildman–Crippen LogP) is 3.96. The van der Waals surface area contributed by atoms with E-state index in [2.05, 4.69) is 12.2 Å². The standard InChI is InChI=1S/C16H23F2NO/c1-2-9-19-16(8-6-13-4-3-10-20-13)14-11-12(17)5-7-15(14)18/h5,7,11,13,16,19H,2-4,6,8-10H2,1H3. The van der Waals surface area contributed by atoms with E-state index in [9.17, 15) is 8.78 Å². The molecule has 0 spiro atoms. The van der Waals surface area contributed by atoms with E-state index >= 15 is 0 Å². The third kappa shape index (κ3) is 4.25. The fourth-order valence-electron chi connectivity index (χ4n) is 2.69. The first-order valence-electron chi connectivity index (χ1n) is 7.50. The van der Waals surface area contributed by atoms with E-state index < -0.39 is 0 Å². The number of rotatable bonds is 7. The highest BCUT2D eigenvalue weighted by Gasteiger charge is 2.20. The van der Waals surface area contributed by atoms with Crippen LogP contribution in [0.2, 0.25) is 0 Å². The molecule has 0 aromatic heterocycles. The first-order chi connectivity index (χ1) is 9.70. The van der Waals surface area contributed by atoms with E-state index in [1.165, 1.54) is 12.1 Å². The minimum atomic E-state index is -0.387. The van der Waals surface area contributed by atoms with Crippen molar-refractivity contribution in [3.05, 3.63) is 35.4 Å². The Morgan fingerprint density at radius 1 is 1.40 bits per heavy atom. The number of hydrogen-bond acceptors (Lipinski definition) is 2. The maximum absolute atomic E-state index is 13.9. The van der Waals surface area contributed by atoms with Gasteiger partial charge in [-0.3, -0.25) is 0 Å². The molecule has 1 saturated heterocycles. The van der Waals surface area contributed by atoms with Crippen LogP contribution in [-0.2, 0) is 4.74 Å². The summed E-state index contributed by atoms with van der Waals surface area (Å²) in [6, 6.07) is 3.53. The van der Waals surface area contributed by atoms with Gasteiger partial charge in [0.1, 0.15) is 11.6 Å². The summed E-state index contributed by atoms with van der Waals surface area (Å²) in [5.74, 6) is -0.728. The molecule has 20 heavy (non-hydrogen) atoms. The highest BCUT2D eigenvalue weighted by Crippen LogP contribution is 2.26. The van der Waals surface area contributed by atoms with Crippen molar-refractivity contribution >= 4 is 0 Å². The van der Waals surface area contributed by atoms with Crippen LogP contribution in [0.1, 0.15) is 50.6 Å². The Balaban J connectivity index is 2.02. The Labute approximate surface area is 119 Å². The molecule has 2 rings (SSSR count). The normalized spacial score (nSPS) is 20.2. The molecule has 1 aliphatic heterocycles. The molecule has 1 fully saturated rings. The summed E-state index contributed by atoms with van der Waals surface area (Å²) < 4.78 is 32.9. The van der Waals surface area contributed by atoms with Gasteiger partial charge in [-0.2, -0.15) is 0 Å². The van der Waals surface area contributed by atoms with E-state index in [0.29, 0.717) is 5.56 Å². The van der Waals surface area contributed by atoms with Crippen molar-refractivity contribution < 1.29 is 13.5 Å². The van der Waals surface area contributed by atoms with Crippen molar-refractivity contribution in [2.24, 2.45) is 0 Å². The molecular formula is C16H23F2NO. The van der Waals surface area contributed by atoms with Crippen molar-refractivity contribution in [1.82, 2.24) is 5.32 Å². The molecule has 2 nitrogen and oxygen atoms in total. The summed E-state index contributed by atoms with van der Waals surface area (Å²) in [6.45, 7) is 3.68. The van der Waals surface area contributed by atoms with E-state index in [1.807, 2.05) is 0 Å². The third-order valence-electron chi connectivity index (χ3n) is 3.78. The molecule has 0 saturated carbocycles. The van der Waals surface area contributed by atoms with Crippen LogP contribution in [0.25, 0.3) is 0 Å². The van der Waals surface area contributed by atoms with Crippen molar-refractivity contribution in [3.63, 3.8) is 0 Å². The molecule has 0 radical (unpaired) electrons. The van der Waals surface area contributed by atoms with E-state index in [-0.39, 0.29) is 23.8 Å². The van der Waals surface area contributed by atoms with Crippen LogP contribution < -0.4 is 5.32 Å². The maximum atomic E-state index is 13.9. The SMILES string of the molecule is CCCNC(CCC1CCCO1)c1cc(F)ccc1F. The van der Waals surface area contributed by atoms with E-state index in [4.69, 9.17) is 4.74 Å². The lowest BCUT2D eigenvalue weighted by Crippen LogP contribution is -2.24. The highest BCUT2D eigenvalue weighted by molar-refractivity contribution is 5.22. The molecular weight excluding hydrogens is 260 g/mol. The van der Waals surface area contributed by atoms with E-state index in [0.717, 1.165) is 51.3 Å². The van der Waals surface area contributed by atoms with Gasteiger partial charge in [0.05, 0.1) is 6.10 Å². The molecule has 2 atom stereocenters. The van der Waals surface area contributed by atoms with Gasteiger partial charge in [0.2, 0.25) is 0 Å². The Hall–Kier alpha value is -1.00. The number of benzene rings is 1. The van der Waals surface area contributed by atoms with Gasteiger partial charge in [0.15, 0.2) is 0 Å². The largest absolute Gasteiger partial charge is 0.378 e. The minimum absolute atomic E-state index is 0.144. The quantitative estimate of drug-likeness (QED) is 0.817. The molecule has 4 heteroatoms. The fraction of sp³-hybridized carbons (Fsp3) is 0.625. The van der Waals surface area contributed by atoms with Crippen LogP contribution in [0.3, 0.4) is 0 Å². The fourth-order valence-corrected chi connectivity index (χ4v) is 2.69. The molecule has 1 aliphatic rings. The number of halogens is 2. The molecule has 0 bridgehead atoms. The molecule has 1 aromatic carbocycles. The summed E-state index contributed by atoms with van der Waals surface area (Å²) in [4.78, 5) is 0. The van der Waals surface area contributed by atoms with Crippen molar-refractivity contribution in [3.8, 4) is 0 Å². The summed E-state index contributed by atoms with van der Waals surface area (Å²) in [5.41, 5.74) is 0.427. The predicted molar refractivity (Wildman–Crippen MR) is 75.6 cm³/mol. The Morgan fingerprint density at radius 2 is 2.25 bits per heavy atom. The molecule has 1 N–H and O–H groups in total. The van der Waals surface area contributed by atoms with Crippen LogP contribution in [0.4, 0.5) is 8.78 Å². The first-order valence-corrected chi connectivity index (χ1v) is 7.50. The second-order valence-electron chi connectivity index (χ2n) is 5.38. The second-order valence-corrected chi connectivity index (χ2v) is 5.38. The third-order valence-corrected chi connectivity index (χ3v) is 3.78. The van der Waals surface area contributed by atoms with Crippen LogP contribution >= 0.6 is 0 Å². The van der Waals surface area contributed by atoms with Crippen molar-refractivity contribution in [2.45, 2.75) is 51.2 Å². The van der Waals surface area contributed by atoms with E-state index in [1.54, 1.807) is 0 Å². The van der Waals surface area contributed by atoms with Crippen LogP contribution in [0.5, 0.6) is 0 Å². The number of nitrogens with one attached hydrogen (secondary N) is 1. The van der Waals surface area contributed by atoms with Gasteiger partial charge in [-0.25, -0.2) is 8.78 Å². The summed E-state index contributed by atoms with van der Waals surface area (Å²) in [6.07, 6.45) is 5.08. The average Bonchev–Trinajstić information content (AvgIpc) is 2.95. The molecule has 112 valence electrons. The smallest absolute Gasteiger partial charge is 0.128 e. The van der Waals surface area contributed by atoms with Crippen LogP contribution in [-0.4, -0.2) is 19.3 Å². The number of hydrogen-bond donors (Lipinski definition) is 1. The lowest BCUT2D eigenvalue weighted by Gasteiger charge is -2.21. The lowest BCUT2D eigenvalue weighted by molar-refractivity contribution is 0.0994. The van der Waals surface area contributed by atoms with Crippen molar-refractivity contribution in [1.29, 1.82) is 0 Å². The minimum Gasteiger partial charge on any atom is -0.378 e. The van der Waals surface area contributed by atoms with Gasteiger partial charge in [-0.1, -0.05) is 6.92 Å². The zero-order chi connectivity index (χ0) is 14.4. The molecule has 0 aliphatic carbocycles. The van der Waals surface area contributed by atoms with Gasteiger partial charge in [0, 0.05) is 18.2 Å². The second kappa shape index (κ2) is 7.70. The van der Waals surface area contributed by atoms with Gasteiger partial charge >= 0.3 is 0 Å². The number of ether oxygens (including phenoxy) is 1. The first kappa shape index (κ1) is 15.4. The topological polar surface area (TPSA) is 21.3 Å².